The zero-order chi connectivity index (χ0) is 10.1. The number of rotatable bonds is 2. The third-order valence-electron chi connectivity index (χ3n) is 1.73. The van der Waals surface area contributed by atoms with Crippen molar-refractivity contribution in [2.75, 3.05) is 31.1 Å². The van der Waals surface area contributed by atoms with Crippen LogP contribution in [0.15, 0.2) is 0 Å². The average molecular weight is 203 g/mol. The molecule has 1 aliphatic heterocycles. The van der Waals surface area contributed by atoms with Crippen molar-refractivity contribution in [3.8, 4) is 0 Å². The summed E-state index contributed by atoms with van der Waals surface area (Å²) < 4.78 is 0. The summed E-state index contributed by atoms with van der Waals surface area (Å²) in [5, 5.41) is 0. The van der Waals surface area contributed by atoms with Crippen LogP contribution in [0.5, 0.6) is 0 Å². The van der Waals surface area contributed by atoms with Gasteiger partial charge in [-0.3, -0.25) is 0 Å². The molecule has 0 amide bonds. The van der Waals surface area contributed by atoms with Gasteiger partial charge in [0.1, 0.15) is 0 Å². The highest BCUT2D eigenvalue weighted by atomic mass is 32.2. The molecule has 0 spiro atoms. The van der Waals surface area contributed by atoms with Crippen molar-refractivity contribution in [3.63, 3.8) is 0 Å². The highest BCUT2D eigenvalue weighted by Gasteiger charge is 2.10. The van der Waals surface area contributed by atoms with E-state index >= 15 is 0 Å². The normalized spacial score (nSPS) is 17.5. The highest BCUT2D eigenvalue weighted by Crippen LogP contribution is 2.10. The number of hydrogen-bond acceptors (Lipinski definition) is 4. The maximum Gasteiger partial charge on any atom is 0.373 e. The van der Waals surface area contributed by atoms with E-state index in [0.29, 0.717) is 0 Å². The van der Waals surface area contributed by atoms with Gasteiger partial charge in [0.25, 0.3) is 0 Å². The number of hydrogen-bond donors (Lipinski definition) is 0. The van der Waals surface area contributed by atoms with Crippen molar-refractivity contribution in [2.24, 2.45) is 5.92 Å². The molecule has 0 radical (unpaired) electrons. The summed E-state index contributed by atoms with van der Waals surface area (Å²) in [6, 6.07) is 0. The molecule has 0 aromatic heterocycles. The van der Waals surface area contributed by atoms with E-state index in [1.165, 1.54) is 31.1 Å². The van der Waals surface area contributed by atoms with E-state index in [0.717, 1.165) is 5.92 Å². The molecule has 1 saturated heterocycles. The van der Waals surface area contributed by atoms with Gasteiger partial charge in [0.2, 0.25) is 0 Å². The Kier molecular flexibility index (Phi) is 8.10. The molecule has 4 heteroatoms. The fraction of sp³-hybridized carbons (Fsp3) is 0.889. The highest BCUT2D eigenvalue weighted by molar-refractivity contribution is 7.99. The van der Waals surface area contributed by atoms with Crippen LogP contribution in [0.1, 0.15) is 13.8 Å². The Morgan fingerprint density at radius 3 is 2.15 bits per heavy atom. The molecule has 76 valence electrons. The van der Waals surface area contributed by atoms with Crippen LogP contribution in [-0.4, -0.2) is 42.2 Å². The van der Waals surface area contributed by atoms with Crippen LogP contribution < -0.4 is 0 Å². The zero-order valence-corrected chi connectivity index (χ0v) is 9.10. The summed E-state index contributed by atoms with van der Waals surface area (Å²) in [4.78, 5) is 18.8. The van der Waals surface area contributed by atoms with Gasteiger partial charge in [-0.25, -0.2) is 0 Å². The molecule has 0 N–H and O–H groups in total. The van der Waals surface area contributed by atoms with E-state index in [1.54, 1.807) is 0 Å². The molecule has 1 fully saturated rings. The van der Waals surface area contributed by atoms with Crippen LogP contribution in [0.25, 0.3) is 0 Å². The topological polar surface area (TPSA) is 37.4 Å². The Balaban J connectivity index is 0.000000424. The molecule has 1 heterocycles. The number of thioether (sulfide) groups is 1. The molecule has 0 saturated carbocycles. The smallest absolute Gasteiger partial charge is 0.301 e. The third kappa shape index (κ3) is 8.03. The van der Waals surface area contributed by atoms with Crippen LogP contribution in [0.2, 0.25) is 0 Å². The molecule has 0 aromatic rings. The summed E-state index contributed by atoms with van der Waals surface area (Å²) in [6.07, 6.45) is 0.250. The summed E-state index contributed by atoms with van der Waals surface area (Å²) >= 11 is 2.08. The quantitative estimate of drug-likeness (QED) is 0.673. The zero-order valence-electron chi connectivity index (χ0n) is 8.28. The van der Waals surface area contributed by atoms with Crippen LogP contribution in [0, 0.1) is 5.92 Å². The van der Waals surface area contributed by atoms with Gasteiger partial charge in [0, 0.05) is 31.1 Å². The second kappa shape index (κ2) is 8.30. The van der Waals surface area contributed by atoms with Gasteiger partial charge < -0.3 is 4.90 Å². The van der Waals surface area contributed by atoms with Gasteiger partial charge in [0.15, 0.2) is 0 Å². The number of nitrogens with zero attached hydrogens (tertiary/aromatic N) is 1. The van der Waals surface area contributed by atoms with Crippen LogP contribution in [0.4, 0.5) is 0 Å². The standard InChI is InChI=1S/C8H17NS.CO2/c1-8(2)7-9-3-5-10-6-4-9;2-1-3/h8H,3-7H2,1-2H3;. The molecule has 1 aliphatic rings. The van der Waals surface area contributed by atoms with E-state index in [9.17, 15) is 0 Å². The summed E-state index contributed by atoms with van der Waals surface area (Å²) in [5.74, 6) is 3.52. The van der Waals surface area contributed by atoms with Crippen LogP contribution in [0.3, 0.4) is 0 Å². The Hall–Kier alpha value is -0.310. The predicted molar refractivity (Wildman–Crippen MR) is 53.6 cm³/mol. The molecule has 0 aromatic carbocycles. The van der Waals surface area contributed by atoms with E-state index in [1.807, 2.05) is 0 Å². The summed E-state index contributed by atoms with van der Waals surface area (Å²) in [5.41, 5.74) is 0. The molecular weight excluding hydrogens is 186 g/mol. The van der Waals surface area contributed by atoms with Crippen LogP contribution in [-0.2, 0) is 9.59 Å². The number of carbonyl (C=O) groups excluding carboxylic acids is 2. The lowest BCUT2D eigenvalue weighted by Gasteiger charge is -2.27. The Labute approximate surface area is 83.9 Å². The minimum Gasteiger partial charge on any atom is -0.301 e. The Morgan fingerprint density at radius 1 is 1.31 bits per heavy atom. The monoisotopic (exact) mass is 203 g/mol. The van der Waals surface area contributed by atoms with Gasteiger partial charge in [-0.1, -0.05) is 13.8 Å². The van der Waals surface area contributed by atoms with Crippen molar-refractivity contribution in [1.82, 2.24) is 4.90 Å². The molecule has 3 nitrogen and oxygen atoms in total. The summed E-state index contributed by atoms with van der Waals surface area (Å²) in [7, 11) is 0. The first kappa shape index (κ1) is 12.7. The molecule has 0 unspecified atom stereocenters. The van der Waals surface area contributed by atoms with Gasteiger partial charge in [0.05, 0.1) is 0 Å². The maximum absolute atomic E-state index is 8.12. The minimum absolute atomic E-state index is 0.250. The fourth-order valence-electron chi connectivity index (χ4n) is 1.30. The first-order valence-corrected chi connectivity index (χ1v) is 5.65. The fourth-order valence-corrected chi connectivity index (χ4v) is 2.28. The van der Waals surface area contributed by atoms with Crippen molar-refractivity contribution < 1.29 is 9.59 Å². The molecule has 0 aliphatic carbocycles. The lowest BCUT2D eigenvalue weighted by atomic mass is 10.2. The van der Waals surface area contributed by atoms with E-state index in [4.69, 9.17) is 9.59 Å². The Morgan fingerprint density at radius 2 is 1.77 bits per heavy atom. The van der Waals surface area contributed by atoms with Gasteiger partial charge in [-0.2, -0.15) is 21.4 Å². The first-order valence-electron chi connectivity index (χ1n) is 4.50. The average Bonchev–Trinajstić information content (AvgIpc) is 2.06. The van der Waals surface area contributed by atoms with E-state index < -0.39 is 0 Å². The lowest BCUT2D eigenvalue weighted by Crippen LogP contribution is -2.35. The van der Waals surface area contributed by atoms with Gasteiger partial charge in [-0.15, -0.1) is 0 Å². The SMILES string of the molecule is CC(C)CN1CCSCC1.O=C=O. The van der Waals surface area contributed by atoms with Gasteiger partial charge in [-0.05, 0) is 5.92 Å². The molecule has 13 heavy (non-hydrogen) atoms. The Bertz CT molecular complexity index is 150. The van der Waals surface area contributed by atoms with Crippen LogP contribution >= 0.6 is 11.8 Å². The molecule has 0 bridgehead atoms. The molecule has 1 rings (SSSR count). The first-order chi connectivity index (χ1) is 6.20. The predicted octanol–water partition coefficient (Wildman–Crippen LogP) is 1.11. The molecular formula is C9H17NO2S. The van der Waals surface area contributed by atoms with E-state index in [2.05, 4.69) is 30.5 Å². The van der Waals surface area contributed by atoms with Crippen molar-refractivity contribution in [2.45, 2.75) is 13.8 Å². The third-order valence-corrected chi connectivity index (χ3v) is 2.67. The van der Waals surface area contributed by atoms with Crippen molar-refractivity contribution in [1.29, 1.82) is 0 Å². The van der Waals surface area contributed by atoms with Crippen molar-refractivity contribution in [3.05, 3.63) is 0 Å². The summed E-state index contributed by atoms with van der Waals surface area (Å²) in [6.45, 7) is 8.50. The van der Waals surface area contributed by atoms with Gasteiger partial charge >= 0.3 is 6.15 Å². The minimum atomic E-state index is 0.250. The van der Waals surface area contributed by atoms with E-state index in [-0.39, 0.29) is 6.15 Å². The molecule has 0 atom stereocenters. The largest absolute Gasteiger partial charge is 0.373 e. The van der Waals surface area contributed by atoms with Crippen molar-refractivity contribution >= 4 is 17.9 Å². The maximum atomic E-state index is 8.12. The second-order valence-electron chi connectivity index (χ2n) is 3.39. The lowest BCUT2D eigenvalue weighted by molar-refractivity contribution is -0.191. The second-order valence-corrected chi connectivity index (χ2v) is 4.61.